The Morgan fingerprint density at radius 3 is 2.57 bits per heavy atom. The number of halogens is 2. The lowest BCUT2D eigenvalue weighted by Crippen LogP contribution is -2.25. The van der Waals surface area contributed by atoms with Crippen LogP contribution in [0.2, 0.25) is 0 Å². The highest BCUT2D eigenvalue weighted by Gasteiger charge is 2.44. The van der Waals surface area contributed by atoms with E-state index in [1.54, 1.807) is 0 Å². The molecule has 1 aromatic carbocycles. The molecule has 0 atom stereocenters. The molecule has 0 unspecified atom stereocenters. The number of carboxylic acids is 1. The summed E-state index contributed by atoms with van der Waals surface area (Å²) in [5.41, 5.74) is -0.720. The fourth-order valence-electron chi connectivity index (χ4n) is 1.56. The van der Waals surface area contributed by atoms with Gasteiger partial charge >= 0.3 is 18.4 Å². The smallest absolute Gasteiger partial charge is 0.478 e. The van der Waals surface area contributed by atoms with Gasteiger partial charge in [-0.15, -0.1) is 8.78 Å². The summed E-state index contributed by atoms with van der Waals surface area (Å²) >= 11 is 0. The molecule has 7 nitrogen and oxygen atoms in total. The number of nitrogens with one attached hydrogen (secondary N) is 1. The highest BCUT2D eigenvalue weighted by Crippen LogP contribution is 2.43. The topological polar surface area (TPSA) is 94.1 Å². The minimum atomic E-state index is -3.89. The summed E-state index contributed by atoms with van der Waals surface area (Å²) in [5.74, 6) is -2.29. The number of anilines is 1. The van der Waals surface area contributed by atoms with Gasteiger partial charge in [-0.05, 0) is 0 Å². The molecule has 0 spiro atoms. The van der Waals surface area contributed by atoms with Gasteiger partial charge in [0.15, 0.2) is 11.5 Å². The monoisotopic (exact) mass is 301 g/mol. The van der Waals surface area contributed by atoms with Crippen LogP contribution in [0.3, 0.4) is 0 Å². The molecule has 112 valence electrons. The van der Waals surface area contributed by atoms with E-state index in [0.717, 1.165) is 12.1 Å². The van der Waals surface area contributed by atoms with Crippen molar-refractivity contribution in [1.29, 1.82) is 0 Å². The number of hydrogen-bond donors (Lipinski definition) is 2. The lowest BCUT2D eigenvalue weighted by atomic mass is 10.1. The second kappa shape index (κ2) is 5.27. The minimum absolute atomic E-state index is 0.100. The molecule has 21 heavy (non-hydrogen) atoms. The number of hydrogen-bond acceptors (Lipinski definition) is 5. The number of alkyl halides is 2. The highest BCUT2D eigenvalue weighted by atomic mass is 19.3. The molecular weight excluding hydrogens is 292 g/mol. The molecule has 0 aliphatic carbocycles. The zero-order valence-electron chi connectivity index (χ0n) is 10.4. The first kappa shape index (κ1) is 14.6. The van der Waals surface area contributed by atoms with Crippen molar-refractivity contribution < 1.29 is 37.7 Å². The number of aromatic carboxylic acids is 1. The Bertz CT molecular complexity index is 616. The summed E-state index contributed by atoms with van der Waals surface area (Å²) < 4.78 is 38.7. The van der Waals surface area contributed by atoms with Crippen molar-refractivity contribution in [2.45, 2.75) is 6.29 Å². The maximum atomic E-state index is 12.9. The molecule has 1 aromatic rings. The van der Waals surface area contributed by atoms with Gasteiger partial charge in [-0.25, -0.2) is 9.59 Å². The molecule has 0 saturated heterocycles. The Hall–Kier alpha value is -2.84. The molecule has 1 aliphatic heterocycles. The van der Waals surface area contributed by atoms with Crippen molar-refractivity contribution in [3.8, 4) is 11.5 Å². The standard InChI is InChI=1S/C12H9F2NO6/c1-2-3-19-11(18)15-7-5-9-8(4-6(7)10(16)17)20-12(13,14)21-9/h2,4-5H,1,3H2,(H,15,18)(H,16,17). The van der Waals surface area contributed by atoms with E-state index in [1.165, 1.54) is 6.08 Å². The lowest BCUT2D eigenvalue weighted by Gasteiger charge is -2.09. The van der Waals surface area contributed by atoms with Crippen LogP contribution in [0.25, 0.3) is 0 Å². The van der Waals surface area contributed by atoms with Crippen molar-refractivity contribution in [2.75, 3.05) is 11.9 Å². The van der Waals surface area contributed by atoms with Gasteiger partial charge in [-0.2, -0.15) is 0 Å². The number of fused-ring (bicyclic) bond motifs is 1. The quantitative estimate of drug-likeness (QED) is 0.830. The number of rotatable bonds is 4. The molecule has 0 bridgehead atoms. The summed E-state index contributed by atoms with van der Waals surface area (Å²) in [7, 11) is 0. The van der Waals surface area contributed by atoms with Crippen molar-refractivity contribution in [3.63, 3.8) is 0 Å². The molecule has 1 amide bonds. The van der Waals surface area contributed by atoms with E-state index in [2.05, 4.69) is 26.1 Å². The largest absolute Gasteiger partial charge is 0.586 e. The Labute approximate surface area is 116 Å². The Morgan fingerprint density at radius 2 is 2.00 bits per heavy atom. The number of benzene rings is 1. The van der Waals surface area contributed by atoms with Crippen LogP contribution in [-0.2, 0) is 4.74 Å². The Balaban J connectivity index is 2.30. The SMILES string of the molecule is C=CCOC(=O)Nc1cc2c(cc1C(=O)O)OC(F)(F)O2. The average Bonchev–Trinajstić information content (AvgIpc) is 2.68. The fraction of sp³-hybridized carbons (Fsp3) is 0.167. The zero-order valence-corrected chi connectivity index (χ0v) is 10.4. The van der Waals surface area contributed by atoms with Gasteiger partial charge in [0.1, 0.15) is 6.61 Å². The lowest BCUT2D eigenvalue weighted by molar-refractivity contribution is -0.286. The Morgan fingerprint density at radius 1 is 1.38 bits per heavy atom. The summed E-state index contributed by atoms with van der Waals surface area (Å²) in [5, 5.41) is 11.1. The van der Waals surface area contributed by atoms with E-state index in [1.807, 2.05) is 0 Å². The molecule has 0 radical (unpaired) electrons. The van der Waals surface area contributed by atoms with E-state index in [-0.39, 0.29) is 12.3 Å². The highest BCUT2D eigenvalue weighted by molar-refractivity contribution is 5.99. The third-order valence-corrected chi connectivity index (χ3v) is 2.34. The first-order chi connectivity index (χ1) is 9.82. The van der Waals surface area contributed by atoms with Gasteiger partial charge in [-0.3, -0.25) is 5.32 Å². The van der Waals surface area contributed by atoms with Gasteiger partial charge in [0.2, 0.25) is 0 Å². The number of carbonyl (C=O) groups is 2. The summed E-state index contributed by atoms with van der Waals surface area (Å²) in [6.45, 7) is 3.23. The van der Waals surface area contributed by atoms with Gasteiger partial charge < -0.3 is 19.3 Å². The molecule has 1 heterocycles. The summed E-state index contributed by atoms with van der Waals surface area (Å²) in [4.78, 5) is 22.5. The van der Waals surface area contributed by atoms with Gasteiger partial charge in [0.25, 0.3) is 0 Å². The molecule has 0 fully saturated rings. The Kier molecular flexibility index (Phi) is 3.66. The minimum Gasteiger partial charge on any atom is -0.478 e. The van der Waals surface area contributed by atoms with Crippen molar-refractivity contribution in [3.05, 3.63) is 30.4 Å². The predicted octanol–water partition coefficient (Wildman–Crippen LogP) is 2.44. The molecule has 0 aromatic heterocycles. The van der Waals surface area contributed by atoms with Crippen LogP contribution in [-0.4, -0.2) is 30.1 Å². The van der Waals surface area contributed by atoms with E-state index < -0.39 is 35.4 Å². The van der Waals surface area contributed by atoms with E-state index in [4.69, 9.17) is 5.11 Å². The zero-order chi connectivity index (χ0) is 15.6. The van der Waals surface area contributed by atoms with Crippen LogP contribution in [0.5, 0.6) is 11.5 Å². The molecule has 2 rings (SSSR count). The number of amides is 1. The fourth-order valence-corrected chi connectivity index (χ4v) is 1.56. The van der Waals surface area contributed by atoms with Crippen LogP contribution in [0, 0.1) is 0 Å². The van der Waals surface area contributed by atoms with Gasteiger partial charge in [-0.1, -0.05) is 12.7 Å². The molecule has 0 saturated carbocycles. The van der Waals surface area contributed by atoms with Crippen LogP contribution in [0.1, 0.15) is 10.4 Å². The van der Waals surface area contributed by atoms with Crippen molar-refractivity contribution >= 4 is 17.7 Å². The van der Waals surface area contributed by atoms with E-state index >= 15 is 0 Å². The summed E-state index contributed by atoms with van der Waals surface area (Å²) in [6.07, 6.45) is -3.55. The summed E-state index contributed by atoms with van der Waals surface area (Å²) in [6, 6.07) is 1.73. The van der Waals surface area contributed by atoms with Crippen molar-refractivity contribution in [2.24, 2.45) is 0 Å². The first-order valence-electron chi connectivity index (χ1n) is 5.54. The maximum Gasteiger partial charge on any atom is 0.586 e. The number of carbonyl (C=O) groups excluding carboxylic acids is 1. The van der Waals surface area contributed by atoms with Crippen LogP contribution in [0.4, 0.5) is 19.3 Å². The first-order valence-corrected chi connectivity index (χ1v) is 5.54. The van der Waals surface area contributed by atoms with Gasteiger partial charge in [0, 0.05) is 12.1 Å². The van der Waals surface area contributed by atoms with Crippen LogP contribution in [0.15, 0.2) is 24.8 Å². The third-order valence-electron chi connectivity index (χ3n) is 2.34. The van der Waals surface area contributed by atoms with E-state index in [9.17, 15) is 18.4 Å². The average molecular weight is 301 g/mol. The molecular formula is C12H9F2NO6. The number of ether oxygens (including phenoxy) is 3. The molecule has 9 heteroatoms. The second-order valence-electron chi connectivity index (χ2n) is 3.83. The third kappa shape index (κ3) is 3.19. The predicted molar refractivity (Wildman–Crippen MR) is 64.8 cm³/mol. The maximum absolute atomic E-state index is 12.9. The second-order valence-corrected chi connectivity index (χ2v) is 3.83. The van der Waals surface area contributed by atoms with Crippen LogP contribution >= 0.6 is 0 Å². The normalized spacial score (nSPS) is 14.4. The van der Waals surface area contributed by atoms with Crippen molar-refractivity contribution in [1.82, 2.24) is 0 Å². The molecule has 1 aliphatic rings. The number of carboxylic acid groups (broad SMARTS) is 1. The molecule has 2 N–H and O–H groups in total. The van der Waals surface area contributed by atoms with E-state index in [0.29, 0.717) is 0 Å². The van der Waals surface area contributed by atoms with Gasteiger partial charge in [0.05, 0.1) is 11.3 Å². The van der Waals surface area contributed by atoms with Crippen LogP contribution < -0.4 is 14.8 Å².